The molecule has 37 heavy (non-hydrogen) atoms. The number of aromatic hydroxyl groups is 2. The number of hydrogen-bond acceptors (Lipinski definition) is 4. The first-order valence-electron chi connectivity index (χ1n) is 12.1. The summed E-state index contributed by atoms with van der Waals surface area (Å²) in [5.74, 6) is -0.818. The fourth-order valence-corrected chi connectivity index (χ4v) is 3.22. The van der Waals surface area contributed by atoms with Crippen LogP contribution < -0.4 is 10.6 Å². The van der Waals surface area contributed by atoms with Crippen molar-refractivity contribution in [3.8, 4) is 11.5 Å². The maximum Gasteiger partial charge on any atom is 0.255 e. The summed E-state index contributed by atoms with van der Waals surface area (Å²) in [5, 5.41) is 24.0. The molecule has 0 atom stereocenters. The van der Waals surface area contributed by atoms with Crippen molar-refractivity contribution >= 4 is 23.2 Å². The van der Waals surface area contributed by atoms with Crippen LogP contribution in [0.15, 0.2) is 91.0 Å². The van der Waals surface area contributed by atoms with Crippen LogP contribution in [0.2, 0.25) is 0 Å². The minimum absolute atomic E-state index is 0.0717. The Balaban J connectivity index is 0.000000244. The smallest absolute Gasteiger partial charge is 0.255 e. The fourth-order valence-electron chi connectivity index (χ4n) is 3.22. The molecule has 0 bridgehead atoms. The topological polar surface area (TPSA) is 98.7 Å². The third-order valence-corrected chi connectivity index (χ3v) is 5.10. The minimum atomic E-state index is -0.267. The van der Waals surface area contributed by atoms with E-state index < -0.39 is 0 Å². The van der Waals surface area contributed by atoms with E-state index in [4.69, 9.17) is 5.11 Å². The Labute approximate surface area is 218 Å². The lowest BCUT2D eigenvalue weighted by molar-refractivity contribution is 0.101. The second kappa shape index (κ2) is 14.1. The number of amides is 2. The van der Waals surface area contributed by atoms with Gasteiger partial charge in [-0.05, 0) is 69.3 Å². The normalized spacial score (nSPS) is 9.65. The van der Waals surface area contributed by atoms with Crippen LogP contribution in [0.5, 0.6) is 11.5 Å². The minimum Gasteiger partial charge on any atom is -0.504 e. The number of anilines is 2. The number of nitrogens with one attached hydrogen (secondary N) is 2. The first-order valence-corrected chi connectivity index (χ1v) is 12.1. The Morgan fingerprint density at radius 1 is 0.541 bits per heavy atom. The van der Waals surface area contributed by atoms with Gasteiger partial charge in [0.25, 0.3) is 11.8 Å². The summed E-state index contributed by atoms with van der Waals surface area (Å²) in [5.41, 5.74) is 5.74. The van der Waals surface area contributed by atoms with E-state index in [0.717, 1.165) is 16.8 Å². The molecule has 4 N–H and O–H groups in total. The van der Waals surface area contributed by atoms with Crippen LogP contribution in [0.3, 0.4) is 0 Å². The third kappa shape index (κ3) is 9.18. The largest absolute Gasteiger partial charge is 0.504 e. The van der Waals surface area contributed by atoms with E-state index in [9.17, 15) is 14.7 Å². The second-order valence-electron chi connectivity index (χ2n) is 8.22. The predicted molar refractivity (Wildman–Crippen MR) is 151 cm³/mol. The lowest BCUT2D eigenvalue weighted by Gasteiger charge is -2.07. The average Bonchev–Trinajstić information content (AvgIpc) is 2.89. The van der Waals surface area contributed by atoms with E-state index in [1.807, 2.05) is 89.2 Å². The number of carbonyl (C=O) groups excluding carboxylic acids is 2. The van der Waals surface area contributed by atoms with Gasteiger partial charge < -0.3 is 20.8 Å². The maximum absolute atomic E-state index is 11.9. The maximum atomic E-state index is 11.9. The molecule has 2 amide bonds. The molecule has 192 valence electrons. The average molecular weight is 499 g/mol. The van der Waals surface area contributed by atoms with E-state index in [0.29, 0.717) is 16.8 Å². The SMILES string of the molecule is CC.Cc1ccc(NC(=O)c2cccc(C)c2)cc1.Cc1cccc(C(=O)Nc2ccc(O)c(O)c2)c1. The molecule has 0 aliphatic carbocycles. The van der Waals surface area contributed by atoms with Crippen molar-refractivity contribution in [2.45, 2.75) is 34.6 Å². The zero-order valence-electron chi connectivity index (χ0n) is 21.9. The third-order valence-electron chi connectivity index (χ3n) is 5.10. The van der Waals surface area contributed by atoms with Crippen molar-refractivity contribution in [3.63, 3.8) is 0 Å². The Morgan fingerprint density at radius 2 is 1.00 bits per heavy atom. The number of aryl methyl sites for hydroxylation is 3. The summed E-state index contributed by atoms with van der Waals surface area (Å²) in [6.45, 7) is 9.90. The molecule has 0 aliphatic rings. The van der Waals surface area contributed by atoms with Crippen molar-refractivity contribution < 1.29 is 19.8 Å². The van der Waals surface area contributed by atoms with Gasteiger partial charge in [-0.1, -0.05) is 66.9 Å². The van der Waals surface area contributed by atoms with Crippen LogP contribution >= 0.6 is 0 Å². The quantitative estimate of drug-likeness (QED) is 0.176. The fraction of sp³-hybridized carbons (Fsp3) is 0.161. The zero-order valence-corrected chi connectivity index (χ0v) is 21.9. The summed E-state index contributed by atoms with van der Waals surface area (Å²) < 4.78 is 0. The van der Waals surface area contributed by atoms with Crippen LogP contribution in [-0.4, -0.2) is 22.0 Å². The van der Waals surface area contributed by atoms with Crippen molar-refractivity contribution in [2.75, 3.05) is 10.6 Å². The molecule has 0 radical (unpaired) electrons. The molecule has 0 saturated heterocycles. The predicted octanol–water partition coefficient (Wildman–Crippen LogP) is 7.24. The molecule has 4 aromatic rings. The van der Waals surface area contributed by atoms with Gasteiger partial charge in [-0.25, -0.2) is 0 Å². The van der Waals surface area contributed by atoms with Gasteiger partial charge in [0.15, 0.2) is 11.5 Å². The number of rotatable bonds is 4. The van der Waals surface area contributed by atoms with E-state index in [1.54, 1.807) is 18.2 Å². The molecular formula is C31H34N2O4. The molecule has 4 aromatic carbocycles. The standard InChI is InChI=1S/C15H15NO.C14H13NO3.C2H6/c1-11-6-8-14(9-7-11)16-15(17)13-5-3-4-12(2)10-13;1-9-3-2-4-10(7-9)14(18)15-11-5-6-12(16)13(17)8-11;1-2/h3-10H,1-2H3,(H,16,17);2-8,16-17H,1H3,(H,15,18);1-2H3. The van der Waals surface area contributed by atoms with Gasteiger partial charge in [-0.2, -0.15) is 0 Å². The Kier molecular flexibility index (Phi) is 10.9. The molecule has 0 aromatic heterocycles. The molecule has 0 saturated carbocycles. The molecule has 0 fully saturated rings. The van der Waals surface area contributed by atoms with Gasteiger partial charge in [0, 0.05) is 28.6 Å². The molecule has 6 heteroatoms. The van der Waals surface area contributed by atoms with Crippen molar-refractivity contribution in [1.82, 2.24) is 0 Å². The lowest BCUT2D eigenvalue weighted by atomic mass is 10.1. The molecule has 0 spiro atoms. The lowest BCUT2D eigenvalue weighted by Crippen LogP contribution is -2.11. The van der Waals surface area contributed by atoms with Gasteiger partial charge >= 0.3 is 0 Å². The Hall–Kier alpha value is -4.58. The van der Waals surface area contributed by atoms with Gasteiger partial charge in [0.05, 0.1) is 0 Å². The van der Waals surface area contributed by atoms with Crippen LogP contribution in [0.4, 0.5) is 11.4 Å². The first kappa shape index (κ1) is 28.7. The van der Waals surface area contributed by atoms with E-state index in [1.165, 1.54) is 23.8 Å². The second-order valence-corrected chi connectivity index (χ2v) is 8.22. The van der Waals surface area contributed by atoms with Gasteiger partial charge in [-0.15, -0.1) is 0 Å². The summed E-state index contributed by atoms with van der Waals surface area (Å²) in [6.07, 6.45) is 0. The highest BCUT2D eigenvalue weighted by molar-refractivity contribution is 6.05. The Bertz CT molecular complexity index is 1330. The molecule has 0 heterocycles. The van der Waals surface area contributed by atoms with E-state index in [-0.39, 0.29) is 23.3 Å². The summed E-state index contributed by atoms with van der Waals surface area (Å²) in [7, 11) is 0. The van der Waals surface area contributed by atoms with Gasteiger partial charge in [0.1, 0.15) is 0 Å². The molecule has 4 rings (SSSR count). The monoisotopic (exact) mass is 498 g/mol. The number of benzene rings is 4. The summed E-state index contributed by atoms with van der Waals surface area (Å²) in [4.78, 5) is 23.8. The number of hydrogen-bond donors (Lipinski definition) is 4. The number of carbonyl (C=O) groups is 2. The van der Waals surface area contributed by atoms with Crippen molar-refractivity contribution in [3.05, 3.63) is 119 Å². The molecule has 0 aliphatic heterocycles. The summed E-state index contributed by atoms with van der Waals surface area (Å²) in [6, 6.07) is 26.7. The van der Waals surface area contributed by atoms with Crippen LogP contribution in [0.1, 0.15) is 51.3 Å². The Morgan fingerprint density at radius 3 is 1.46 bits per heavy atom. The molecular weight excluding hydrogens is 464 g/mol. The van der Waals surface area contributed by atoms with Gasteiger partial charge in [-0.3, -0.25) is 9.59 Å². The number of phenols is 2. The molecule has 6 nitrogen and oxygen atoms in total. The van der Waals surface area contributed by atoms with Crippen LogP contribution in [-0.2, 0) is 0 Å². The highest BCUT2D eigenvalue weighted by atomic mass is 16.3. The zero-order chi connectivity index (χ0) is 27.4. The summed E-state index contributed by atoms with van der Waals surface area (Å²) >= 11 is 0. The van der Waals surface area contributed by atoms with E-state index >= 15 is 0 Å². The van der Waals surface area contributed by atoms with Crippen molar-refractivity contribution in [2.24, 2.45) is 0 Å². The highest BCUT2D eigenvalue weighted by Gasteiger charge is 2.08. The van der Waals surface area contributed by atoms with Crippen molar-refractivity contribution in [1.29, 1.82) is 0 Å². The number of phenolic OH excluding ortho intramolecular Hbond substituents is 2. The van der Waals surface area contributed by atoms with Crippen LogP contribution in [0.25, 0.3) is 0 Å². The molecule has 0 unspecified atom stereocenters. The van der Waals surface area contributed by atoms with Crippen LogP contribution in [0, 0.1) is 20.8 Å². The first-order chi connectivity index (χ1) is 17.7. The van der Waals surface area contributed by atoms with E-state index in [2.05, 4.69) is 10.6 Å². The highest BCUT2D eigenvalue weighted by Crippen LogP contribution is 2.27. The van der Waals surface area contributed by atoms with Gasteiger partial charge in [0.2, 0.25) is 0 Å².